The maximum Gasteiger partial charge on any atom is 0.271 e. The highest BCUT2D eigenvalue weighted by molar-refractivity contribution is 7.91. The van der Waals surface area contributed by atoms with E-state index in [0.717, 1.165) is 16.6 Å². The average molecular weight is 431 g/mol. The summed E-state index contributed by atoms with van der Waals surface area (Å²) >= 11 is 0. The second-order valence-electron chi connectivity index (χ2n) is 7.07. The fourth-order valence-electron chi connectivity index (χ4n) is 3.45. The largest absolute Gasteiger partial charge is 0.361 e. The van der Waals surface area contributed by atoms with Crippen molar-refractivity contribution >= 4 is 43.4 Å². The molecular formula is C22H17N5O3S. The lowest BCUT2D eigenvalue weighted by Gasteiger charge is -2.11. The highest BCUT2D eigenvalue weighted by Crippen LogP contribution is 2.23. The molecule has 0 atom stereocenters. The van der Waals surface area contributed by atoms with Gasteiger partial charge in [0.25, 0.3) is 5.56 Å². The number of hydrogen-bond acceptors (Lipinski definition) is 6. The lowest BCUT2D eigenvalue weighted by Crippen LogP contribution is -2.25. The number of anilines is 2. The van der Waals surface area contributed by atoms with Crippen LogP contribution in [-0.2, 0) is 16.9 Å². The van der Waals surface area contributed by atoms with Gasteiger partial charge >= 0.3 is 0 Å². The quantitative estimate of drug-likeness (QED) is 0.451. The van der Waals surface area contributed by atoms with Crippen molar-refractivity contribution in [2.24, 2.45) is 7.05 Å². The van der Waals surface area contributed by atoms with Gasteiger partial charge < -0.3 is 10.3 Å². The molecule has 0 spiro atoms. The van der Waals surface area contributed by atoms with Crippen molar-refractivity contribution < 1.29 is 8.42 Å². The van der Waals surface area contributed by atoms with Crippen LogP contribution in [0.3, 0.4) is 0 Å². The summed E-state index contributed by atoms with van der Waals surface area (Å²) in [4.78, 5) is 24.5. The van der Waals surface area contributed by atoms with Crippen LogP contribution in [0, 0.1) is 0 Å². The highest BCUT2D eigenvalue weighted by Gasteiger charge is 2.23. The number of benzene rings is 2. The third-order valence-corrected chi connectivity index (χ3v) is 6.83. The first-order valence-electron chi connectivity index (χ1n) is 9.44. The number of hydrogen-bond donors (Lipinski definition) is 2. The summed E-state index contributed by atoms with van der Waals surface area (Å²) < 4.78 is 27.2. The number of aromatic nitrogens is 4. The molecule has 0 bridgehead atoms. The van der Waals surface area contributed by atoms with Crippen molar-refractivity contribution in [2.45, 2.75) is 9.79 Å². The molecule has 0 aliphatic heterocycles. The Balaban J connectivity index is 1.58. The number of H-pyrrole nitrogens is 1. The van der Waals surface area contributed by atoms with Crippen LogP contribution in [-0.4, -0.2) is 27.9 Å². The number of rotatable bonds is 4. The average Bonchev–Trinajstić information content (AvgIpc) is 3.25. The Kier molecular flexibility index (Phi) is 4.33. The Hall–Kier alpha value is -3.98. The summed E-state index contributed by atoms with van der Waals surface area (Å²) in [5.41, 5.74) is 1.43. The number of nitrogens with zero attached hydrogens (tertiary/aromatic N) is 3. The molecule has 0 radical (unpaired) electrons. The zero-order valence-electron chi connectivity index (χ0n) is 16.4. The lowest BCUT2D eigenvalue weighted by atomic mass is 10.2. The zero-order chi connectivity index (χ0) is 21.6. The van der Waals surface area contributed by atoms with Gasteiger partial charge in [0.1, 0.15) is 10.5 Å². The Morgan fingerprint density at radius 2 is 1.81 bits per heavy atom. The molecule has 3 aromatic heterocycles. The maximum absolute atomic E-state index is 13.0. The van der Waals surface area contributed by atoms with Crippen LogP contribution in [0.1, 0.15) is 0 Å². The predicted octanol–water partition coefficient (Wildman–Crippen LogP) is 3.39. The van der Waals surface area contributed by atoms with Gasteiger partial charge in [0.15, 0.2) is 0 Å². The summed E-state index contributed by atoms with van der Waals surface area (Å²) in [7, 11) is -2.47. The van der Waals surface area contributed by atoms with E-state index in [1.54, 1.807) is 18.2 Å². The van der Waals surface area contributed by atoms with Crippen molar-refractivity contribution in [1.82, 2.24) is 19.5 Å². The third kappa shape index (κ3) is 3.24. The molecule has 0 saturated heterocycles. The van der Waals surface area contributed by atoms with Crippen LogP contribution in [0.25, 0.3) is 21.9 Å². The summed E-state index contributed by atoms with van der Waals surface area (Å²) in [6, 6.07) is 17.0. The van der Waals surface area contributed by atoms with Gasteiger partial charge in [0.05, 0.1) is 4.90 Å². The van der Waals surface area contributed by atoms with Crippen molar-refractivity contribution in [3.8, 4) is 0 Å². The van der Waals surface area contributed by atoms with Crippen molar-refractivity contribution in [3.05, 3.63) is 83.4 Å². The molecule has 0 saturated carbocycles. The number of nitrogens with one attached hydrogen (secondary N) is 2. The molecule has 0 aliphatic rings. The predicted molar refractivity (Wildman–Crippen MR) is 118 cm³/mol. The van der Waals surface area contributed by atoms with E-state index in [2.05, 4.69) is 20.3 Å². The first kappa shape index (κ1) is 19.0. The standard InChI is InChI=1S/C22H17N5O3S/c1-27-20-15(11-19(21(27)28)31(29,30)17-5-3-2-4-6-17)13-24-22(26-20)25-16-8-7-14-9-10-23-18(14)12-16/h2-13,23H,1H3,(H,24,25,26). The lowest BCUT2D eigenvalue weighted by molar-refractivity contribution is 0.593. The van der Waals surface area contributed by atoms with Crippen LogP contribution in [0.5, 0.6) is 0 Å². The van der Waals surface area contributed by atoms with Crippen LogP contribution in [0.4, 0.5) is 11.6 Å². The van der Waals surface area contributed by atoms with E-state index in [4.69, 9.17) is 0 Å². The minimum Gasteiger partial charge on any atom is -0.361 e. The normalized spacial score (nSPS) is 11.8. The molecular weight excluding hydrogens is 414 g/mol. The minimum absolute atomic E-state index is 0.0605. The Bertz CT molecular complexity index is 1610. The fourth-order valence-corrected chi connectivity index (χ4v) is 4.87. The molecule has 2 N–H and O–H groups in total. The van der Waals surface area contributed by atoms with Gasteiger partial charge in [-0.2, -0.15) is 4.98 Å². The van der Waals surface area contributed by atoms with E-state index >= 15 is 0 Å². The number of aryl methyl sites for hydroxylation is 1. The van der Waals surface area contributed by atoms with Crippen LogP contribution >= 0.6 is 0 Å². The molecule has 0 fully saturated rings. The van der Waals surface area contributed by atoms with E-state index in [0.29, 0.717) is 17.0 Å². The zero-order valence-corrected chi connectivity index (χ0v) is 17.2. The molecule has 31 heavy (non-hydrogen) atoms. The number of fused-ring (bicyclic) bond motifs is 2. The van der Waals surface area contributed by atoms with Gasteiger partial charge in [-0.3, -0.25) is 9.36 Å². The second kappa shape index (κ2) is 7.06. The maximum atomic E-state index is 13.0. The molecule has 2 aromatic carbocycles. The number of pyridine rings is 1. The van der Waals surface area contributed by atoms with E-state index in [-0.39, 0.29) is 9.79 Å². The van der Waals surface area contributed by atoms with Gasteiger partial charge in [-0.1, -0.05) is 24.3 Å². The van der Waals surface area contributed by atoms with Gasteiger partial charge in [-0.15, -0.1) is 0 Å². The van der Waals surface area contributed by atoms with Gasteiger partial charge in [0, 0.05) is 36.0 Å². The van der Waals surface area contributed by atoms with E-state index < -0.39 is 15.4 Å². The summed E-state index contributed by atoms with van der Waals surface area (Å²) in [6.07, 6.45) is 3.36. The van der Waals surface area contributed by atoms with Crippen LogP contribution in [0.15, 0.2) is 87.6 Å². The van der Waals surface area contributed by atoms with Crippen molar-refractivity contribution in [3.63, 3.8) is 0 Å². The molecule has 5 rings (SSSR count). The SMILES string of the molecule is Cn1c(=O)c(S(=O)(=O)c2ccccc2)cc2cnc(Nc3ccc4cc[nH]c4c3)nc21. The molecule has 0 aliphatic carbocycles. The monoisotopic (exact) mass is 431 g/mol. The number of aromatic amines is 1. The second-order valence-corrected chi connectivity index (χ2v) is 8.98. The van der Waals surface area contributed by atoms with Gasteiger partial charge in [-0.05, 0) is 41.8 Å². The summed E-state index contributed by atoms with van der Waals surface area (Å²) in [6.45, 7) is 0. The molecule has 3 heterocycles. The molecule has 8 nitrogen and oxygen atoms in total. The molecule has 0 unspecified atom stereocenters. The highest BCUT2D eigenvalue weighted by atomic mass is 32.2. The minimum atomic E-state index is -3.97. The van der Waals surface area contributed by atoms with E-state index in [1.165, 1.54) is 36.0 Å². The van der Waals surface area contributed by atoms with Crippen LogP contribution in [0.2, 0.25) is 0 Å². The topological polar surface area (TPSA) is 110 Å². The summed E-state index contributed by atoms with van der Waals surface area (Å²) in [5.74, 6) is 0.298. The van der Waals surface area contributed by atoms with Crippen LogP contribution < -0.4 is 10.9 Å². The Morgan fingerprint density at radius 3 is 2.61 bits per heavy atom. The van der Waals surface area contributed by atoms with Gasteiger partial charge in [-0.25, -0.2) is 13.4 Å². The fraction of sp³-hybridized carbons (Fsp3) is 0.0455. The molecule has 154 valence electrons. The smallest absolute Gasteiger partial charge is 0.271 e. The Morgan fingerprint density at radius 1 is 1.00 bits per heavy atom. The van der Waals surface area contributed by atoms with Crippen molar-refractivity contribution in [2.75, 3.05) is 5.32 Å². The van der Waals surface area contributed by atoms with E-state index in [1.807, 2.05) is 30.5 Å². The van der Waals surface area contributed by atoms with Crippen molar-refractivity contribution in [1.29, 1.82) is 0 Å². The third-order valence-electron chi connectivity index (χ3n) is 5.07. The van der Waals surface area contributed by atoms with E-state index in [9.17, 15) is 13.2 Å². The summed E-state index contributed by atoms with van der Waals surface area (Å²) in [5, 5.41) is 4.65. The first-order valence-corrected chi connectivity index (χ1v) is 10.9. The van der Waals surface area contributed by atoms with Gasteiger partial charge in [0.2, 0.25) is 15.8 Å². The number of sulfone groups is 1. The first-order chi connectivity index (χ1) is 14.9. The molecule has 0 amide bonds. The Labute approximate surface area is 177 Å². The molecule has 9 heteroatoms. The molecule has 5 aromatic rings.